The summed E-state index contributed by atoms with van der Waals surface area (Å²) in [5, 5.41) is 8.94. The molecule has 20 heavy (non-hydrogen) atoms. The number of nitriles is 1. The summed E-state index contributed by atoms with van der Waals surface area (Å²) in [4.78, 5) is 0. The van der Waals surface area contributed by atoms with E-state index < -0.39 is 17.7 Å². The van der Waals surface area contributed by atoms with Gasteiger partial charge in [0.1, 0.15) is 23.2 Å². The van der Waals surface area contributed by atoms with E-state index >= 15 is 0 Å². The van der Waals surface area contributed by atoms with Crippen molar-refractivity contribution in [3.05, 3.63) is 59.2 Å². The Hall–Kier alpha value is -2.45. The molecule has 0 saturated carbocycles. The average molecular weight is 274 g/mol. The van der Waals surface area contributed by atoms with E-state index in [1.807, 2.05) is 0 Å². The third kappa shape index (κ3) is 2.60. The molecular weight excluding hydrogens is 262 g/mol. The summed E-state index contributed by atoms with van der Waals surface area (Å²) in [6.45, 7) is 1.68. The number of benzene rings is 2. The van der Waals surface area contributed by atoms with Crippen molar-refractivity contribution in [1.82, 2.24) is 0 Å². The van der Waals surface area contributed by atoms with Crippen LogP contribution < -0.4 is 10.5 Å². The van der Waals surface area contributed by atoms with Crippen LogP contribution in [0.15, 0.2) is 36.4 Å². The molecule has 5 heteroatoms. The molecule has 0 saturated heterocycles. The quantitative estimate of drug-likeness (QED) is 0.929. The van der Waals surface area contributed by atoms with Crippen molar-refractivity contribution in [2.24, 2.45) is 5.73 Å². The summed E-state index contributed by atoms with van der Waals surface area (Å²) in [7, 11) is 0. The highest BCUT2D eigenvalue weighted by atomic mass is 19.1. The molecule has 2 rings (SSSR count). The Balaban J connectivity index is 2.51. The van der Waals surface area contributed by atoms with E-state index in [-0.39, 0.29) is 17.1 Å². The second kappa shape index (κ2) is 5.68. The Morgan fingerprint density at radius 2 is 1.80 bits per heavy atom. The van der Waals surface area contributed by atoms with Gasteiger partial charge in [0.05, 0.1) is 0 Å². The van der Waals surface area contributed by atoms with Gasteiger partial charge >= 0.3 is 0 Å². The van der Waals surface area contributed by atoms with Crippen molar-refractivity contribution in [1.29, 1.82) is 5.26 Å². The fourth-order valence-electron chi connectivity index (χ4n) is 1.80. The van der Waals surface area contributed by atoms with Crippen LogP contribution in [0.25, 0.3) is 0 Å². The van der Waals surface area contributed by atoms with E-state index in [1.165, 1.54) is 24.3 Å². The minimum atomic E-state index is -0.719. The first-order valence-corrected chi connectivity index (χ1v) is 5.95. The molecule has 0 aliphatic carbocycles. The predicted octanol–water partition coefficient (Wildman–Crippen LogP) is 3.65. The molecule has 3 nitrogen and oxygen atoms in total. The van der Waals surface area contributed by atoms with E-state index in [0.29, 0.717) is 5.56 Å². The van der Waals surface area contributed by atoms with Crippen LogP contribution in [0.4, 0.5) is 8.78 Å². The molecule has 0 radical (unpaired) electrons. The van der Waals surface area contributed by atoms with Crippen molar-refractivity contribution in [2.45, 2.75) is 13.0 Å². The van der Waals surface area contributed by atoms with Crippen LogP contribution >= 0.6 is 0 Å². The zero-order valence-electron chi connectivity index (χ0n) is 10.7. The summed E-state index contributed by atoms with van der Waals surface area (Å²) >= 11 is 0. The van der Waals surface area contributed by atoms with Crippen LogP contribution in [0.3, 0.4) is 0 Å². The average Bonchev–Trinajstić information content (AvgIpc) is 2.41. The Bertz CT molecular complexity index is 678. The predicted molar refractivity (Wildman–Crippen MR) is 70.2 cm³/mol. The zero-order chi connectivity index (χ0) is 14.7. The number of nitrogens with zero attached hydrogens (tertiary/aromatic N) is 1. The number of nitrogens with two attached hydrogens (primary N) is 1. The number of halogens is 2. The van der Waals surface area contributed by atoms with Crippen molar-refractivity contribution in [2.75, 3.05) is 0 Å². The molecule has 0 aliphatic rings. The van der Waals surface area contributed by atoms with E-state index in [4.69, 9.17) is 15.7 Å². The molecule has 2 N–H and O–H groups in total. The number of para-hydroxylation sites is 1. The minimum absolute atomic E-state index is 0.0421. The van der Waals surface area contributed by atoms with Gasteiger partial charge in [-0.3, -0.25) is 0 Å². The van der Waals surface area contributed by atoms with Crippen LogP contribution in [0.1, 0.15) is 24.1 Å². The topological polar surface area (TPSA) is 59.0 Å². The van der Waals surface area contributed by atoms with Gasteiger partial charge in [0.25, 0.3) is 0 Å². The molecule has 1 atom stereocenters. The molecule has 0 aromatic heterocycles. The highest BCUT2D eigenvalue weighted by molar-refractivity contribution is 5.48. The van der Waals surface area contributed by atoms with Gasteiger partial charge in [0.2, 0.25) is 0 Å². The molecule has 0 unspecified atom stereocenters. The molecule has 2 aromatic rings. The molecule has 0 amide bonds. The van der Waals surface area contributed by atoms with E-state index in [0.717, 1.165) is 6.07 Å². The molecule has 2 aromatic carbocycles. The van der Waals surface area contributed by atoms with E-state index in [1.54, 1.807) is 19.1 Å². The number of hydrogen-bond acceptors (Lipinski definition) is 3. The number of rotatable bonds is 3. The Morgan fingerprint density at radius 3 is 2.45 bits per heavy atom. The standard InChI is InChI=1S/C15H12F2N2O/c1-9(19)10-4-2-6-13(17)15(10)20-14-7-3-5-12(16)11(14)8-18/h2-7,9H,19H2,1H3/t9-/m0/s1. The minimum Gasteiger partial charge on any atom is -0.452 e. The van der Waals surface area contributed by atoms with Crippen LogP contribution in [0.2, 0.25) is 0 Å². The monoisotopic (exact) mass is 274 g/mol. The fourth-order valence-corrected chi connectivity index (χ4v) is 1.80. The van der Waals surface area contributed by atoms with Gasteiger partial charge in [-0.05, 0) is 25.1 Å². The van der Waals surface area contributed by atoms with Crippen LogP contribution in [0.5, 0.6) is 11.5 Å². The second-order valence-corrected chi connectivity index (χ2v) is 4.27. The van der Waals surface area contributed by atoms with E-state index in [9.17, 15) is 8.78 Å². The maximum Gasteiger partial charge on any atom is 0.167 e. The molecule has 0 fully saturated rings. The number of hydrogen-bond donors (Lipinski definition) is 1. The van der Waals surface area contributed by atoms with Crippen molar-refractivity contribution < 1.29 is 13.5 Å². The Kier molecular flexibility index (Phi) is 3.97. The third-order valence-electron chi connectivity index (χ3n) is 2.79. The summed E-state index contributed by atoms with van der Waals surface area (Å²) in [6, 6.07) is 9.51. The normalized spacial score (nSPS) is 11.8. The van der Waals surface area contributed by atoms with Gasteiger partial charge in [-0.2, -0.15) is 5.26 Å². The van der Waals surface area contributed by atoms with Crippen LogP contribution in [0, 0.1) is 23.0 Å². The second-order valence-electron chi connectivity index (χ2n) is 4.27. The smallest absolute Gasteiger partial charge is 0.167 e. The fraction of sp³-hybridized carbons (Fsp3) is 0.133. The zero-order valence-corrected chi connectivity index (χ0v) is 10.7. The first kappa shape index (κ1) is 14.0. The Morgan fingerprint density at radius 1 is 1.15 bits per heavy atom. The van der Waals surface area contributed by atoms with Gasteiger partial charge in [-0.1, -0.05) is 18.2 Å². The van der Waals surface area contributed by atoms with Crippen molar-refractivity contribution in [3.63, 3.8) is 0 Å². The first-order valence-electron chi connectivity index (χ1n) is 5.95. The Labute approximate surface area is 115 Å². The summed E-state index contributed by atoms with van der Waals surface area (Å²) in [6.07, 6.45) is 0. The first-order chi connectivity index (χ1) is 9.54. The molecule has 102 valence electrons. The summed E-state index contributed by atoms with van der Waals surface area (Å²) in [5.41, 5.74) is 5.92. The SMILES string of the molecule is C[C@H](N)c1cccc(F)c1Oc1cccc(F)c1C#N. The highest BCUT2D eigenvalue weighted by Gasteiger charge is 2.17. The molecule has 0 spiro atoms. The van der Waals surface area contributed by atoms with Crippen molar-refractivity contribution in [3.8, 4) is 17.6 Å². The van der Waals surface area contributed by atoms with E-state index in [2.05, 4.69) is 0 Å². The van der Waals surface area contributed by atoms with Crippen molar-refractivity contribution >= 4 is 0 Å². The summed E-state index contributed by atoms with van der Waals surface area (Å²) < 4.78 is 32.8. The number of ether oxygens (including phenoxy) is 1. The lowest BCUT2D eigenvalue weighted by atomic mass is 10.1. The lowest BCUT2D eigenvalue weighted by molar-refractivity contribution is 0.428. The lowest BCUT2D eigenvalue weighted by Crippen LogP contribution is -2.08. The van der Waals surface area contributed by atoms with Gasteiger partial charge in [-0.15, -0.1) is 0 Å². The van der Waals surface area contributed by atoms with Crippen LogP contribution in [-0.4, -0.2) is 0 Å². The molecule has 0 bridgehead atoms. The molecular formula is C15H12F2N2O. The lowest BCUT2D eigenvalue weighted by Gasteiger charge is -2.15. The molecule has 0 aliphatic heterocycles. The van der Waals surface area contributed by atoms with Gasteiger partial charge in [-0.25, -0.2) is 8.78 Å². The third-order valence-corrected chi connectivity index (χ3v) is 2.79. The van der Waals surface area contributed by atoms with Crippen LogP contribution in [-0.2, 0) is 0 Å². The van der Waals surface area contributed by atoms with Gasteiger partial charge in [0.15, 0.2) is 11.6 Å². The largest absolute Gasteiger partial charge is 0.452 e. The maximum atomic E-state index is 13.9. The molecule has 0 heterocycles. The van der Waals surface area contributed by atoms with Gasteiger partial charge < -0.3 is 10.5 Å². The maximum absolute atomic E-state index is 13.9. The highest BCUT2D eigenvalue weighted by Crippen LogP contribution is 2.33. The summed E-state index contributed by atoms with van der Waals surface area (Å²) in [5.74, 6) is -1.47. The van der Waals surface area contributed by atoms with Gasteiger partial charge in [0, 0.05) is 11.6 Å².